The number of oxime groups is 1. The van der Waals surface area contributed by atoms with E-state index in [0.717, 1.165) is 12.1 Å². The molecule has 0 saturated carbocycles. The highest BCUT2D eigenvalue weighted by Crippen LogP contribution is 2.49. The number of carbonyl (C=O) groups excluding carboxylic acids is 1. The van der Waals surface area contributed by atoms with Crippen LogP contribution in [0.25, 0.3) is 0 Å². The monoisotopic (exact) mass is 548 g/mol. The van der Waals surface area contributed by atoms with Gasteiger partial charge in [0.25, 0.3) is 11.5 Å². The van der Waals surface area contributed by atoms with Gasteiger partial charge in [-0.3, -0.25) is 4.79 Å². The minimum atomic E-state index is -4.81. The average molecular weight is 549 g/mol. The van der Waals surface area contributed by atoms with E-state index in [1.807, 2.05) is 13.8 Å². The number of carbonyl (C=O) groups is 1. The first-order valence-corrected chi connectivity index (χ1v) is 13.6. The van der Waals surface area contributed by atoms with Gasteiger partial charge in [0.1, 0.15) is 0 Å². The Labute approximate surface area is 212 Å². The fraction of sp³-hybridized carbons (Fsp3) is 0.417. The lowest BCUT2D eigenvalue weighted by molar-refractivity contribution is -0.275. The predicted octanol–water partition coefficient (Wildman–Crippen LogP) is 7.17. The molecule has 0 saturated heterocycles. The molecular formula is C24H25Cl2F3N2O3S. The Balaban J connectivity index is 1.90. The maximum atomic E-state index is 14.2. The molecule has 0 fully saturated rings. The van der Waals surface area contributed by atoms with Crippen LogP contribution in [0.5, 0.6) is 0 Å². The Hall–Kier alpha value is -2.10. The van der Waals surface area contributed by atoms with Gasteiger partial charge in [0.2, 0.25) is 0 Å². The van der Waals surface area contributed by atoms with Crippen molar-refractivity contribution in [1.82, 2.24) is 0 Å². The van der Waals surface area contributed by atoms with Crippen molar-refractivity contribution >= 4 is 44.5 Å². The molecule has 35 heavy (non-hydrogen) atoms. The maximum Gasteiger partial charge on any atom is 0.435 e. The average Bonchev–Trinajstić information content (AvgIpc) is 3.18. The third kappa shape index (κ3) is 6.19. The van der Waals surface area contributed by atoms with Crippen molar-refractivity contribution in [1.29, 1.82) is 0 Å². The SMILES string of the molecule is Cc1cc(C2=NOC(c3cc(Cl)cc(Cl)c3)(C(F)(F)F)C2)ccc1C(=O)N=S(C)(=O)CCC(C)C. The van der Waals surface area contributed by atoms with E-state index in [1.54, 1.807) is 6.92 Å². The minimum Gasteiger partial charge on any atom is -0.374 e. The lowest BCUT2D eigenvalue weighted by Gasteiger charge is -2.29. The van der Waals surface area contributed by atoms with Gasteiger partial charge in [0.05, 0.1) is 15.4 Å². The molecule has 1 heterocycles. The zero-order chi connectivity index (χ0) is 26.2. The van der Waals surface area contributed by atoms with E-state index in [-0.39, 0.29) is 26.9 Å². The summed E-state index contributed by atoms with van der Waals surface area (Å²) in [5, 5.41) is 3.81. The number of aryl methyl sites for hydroxylation is 1. The Morgan fingerprint density at radius 2 is 1.83 bits per heavy atom. The Kier molecular flexibility index (Phi) is 7.94. The molecule has 2 aromatic carbocycles. The topological polar surface area (TPSA) is 68.1 Å². The summed E-state index contributed by atoms with van der Waals surface area (Å²) in [7, 11) is -2.70. The third-order valence-corrected chi connectivity index (χ3v) is 7.64. The van der Waals surface area contributed by atoms with E-state index in [2.05, 4.69) is 9.52 Å². The molecular weight excluding hydrogens is 524 g/mol. The number of benzene rings is 2. The van der Waals surface area contributed by atoms with Crippen molar-refractivity contribution in [2.75, 3.05) is 12.0 Å². The van der Waals surface area contributed by atoms with Gasteiger partial charge in [-0.25, -0.2) is 4.21 Å². The number of alkyl halides is 3. The number of hydrogen-bond donors (Lipinski definition) is 0. The quantitative estimate of drug-likeness (QED) is 0.384. The second-order valence-electron chi connectivity index (χ2n) is 9.06. The van der Waals surface area contributed by atoms with Crippen molar-refractivity contribution in [3.05, 3.63) is 68.7 Å². The number of rotatable bonds is 6. The molecule has 3 rings (SSSR count). The van der Waals surface area contributed by atoms with Crippen molar-refractivity contribution in [2.45, 2.75) is 45.4 Å². The third-order valence-electron chi connectivity index (χ3n) is 5.65. The first kappa shape index (κ1) is 27.5. The molecule has 0 N–H and O–H groups in total. The molecule has 2 atom stereocenters. The molecule has 0 radical (unpaired) electrons. The number of amides is 1. The summed E-state index contributed by atoms with van der Waals surface area (Å²) in [4.78, 5) is 17.7. The molecule has 0 aliphatic carbocycles. The summed E-state index contributed by atoms with van der Waals surface area (Å²) in [5.41, 5.74) is -1.92. The maximum absolute atomic E-state index is 14.2. The Bertz CT molecular complexity index is 1280. The summed E-state index contributed by atoms with van der Waals surface area (Å²) >= 11 is 11.9. The second-order valence-corrected chi connectivity index (χ2v) is 12.4. The summed E-state index contributed by atoms with van der Waals surface area (Å²) in [5.74, 6) is -0.00858. The first-order chi connectivity index (χ1) is 16.1. The van der Waals surface area contributed by atoms with Crippen LogP contribution < -0.4 is 0 Å². The normalized spacial score (nSPS) is 19.8. The summed E-state index contributed by atoms with van der Waals surface area (Å²) in [6.45, 7) is 5.61. The number of nitrogens with zero attached hydrogens (tertiary/aromatic N) is 2. The number of halogens is 5. The van der Waals surface area contributed by atoms with Crippen LogP contribution in [0.4, 0.5) is 13.2 Å². The fourth-order valence-corrected chi connectivity index (χ4v) is 5.63. The second kappa shape index (κ2) is 10.1. The van der Waals surface area contributed by atoms with Crippen LogP contribution >= 0.6 is 23.2 Å². The van der Waals surface area contributed by atoms with Gasteiger partial charge in [0.15, 0.2) is 0 Å². The van der Waals surface area contributed by atoms with Gasteiger partial charge < -0.3 is 4.84 Å². The highest BCUT2D eigenvalue weighted by molar-refractivity contribution is 7.93. The van der Waals surface area contributed by atoms with Gasteiger partial charge >= 0.3 is 6.18 Å². The van der Waals surface area contributed by atoms with Crippen LogP contribution in [0, 0.1) is 12.8 Å². The molecule has 0 bridgehead atoms. The van der Waals surface area contributed by atoms with Crippen LogP contribution in [0.2, 0.25) is 10.0 Å². The smallest absolute Gasteiger partial charge is 0.374 e. The number of hydrogen-bond acceptors (Lipinski definition) is 4. The summed E-state index contributed by atoms with van der Waals surface area (Å²) in [6.07, 6.45) is -3.31. The molecule has 2 unspecified atom stereocenters. The van der Waals surface area contributed by atoms with E-state index in [4.69, 9.17) is 28.0 Å². The van der Waals surface area contributed by atoms with E-state index in [0.29, 0.717) is 29.2 Å². The highest BCUT2D eigenvalue weighted by Gasteiger charge is 2.62. The van der Waals surface area contributed by atoms with Gasteiger partial charge in [-0.15, -0.1) is 0 Å². The van der Waals surface area contributed by atoms with Crippen LogP contribution in [-0.4, -0.2) is 34.0 Å². The first-order valence-electron chi connectivity index (χ1n) is 10.8. The van der Waals surface area contributed by atoms with E-state index >= 15 is 0 Å². The van der Waals surface area contributed by atoms with Crippen LogP contribution in [0.15, 0.2) is 45.9 Å². The van der Waals surface area contributed by atoms with Crippen molar-refractivity contribution in [3.63, 3.8) is 0 Å². The molecule has 5 nitrogen and oxygen atoms in total. The van der Waals surface area contributed by atoms with Crippen molar-refractivity contribution < 1.29 is 27.0 Å². The standard InChI is InChI=1S/C24H25Cl2F3N2O3S/c1-14(2)7-8-35(4,33)31-22(32)20-6-5-16(9-15(20)3)21-13-23(34-30-21,24(27,28)29)17-10-18(25)12-19(26)11-17/h5-6,9-12,14H,7-8,13H2,1-4H3. The van der Waals surface area contributed by atoms with Crippen LogP contribution in [0.3, 0.4) is 0 Å². The predicted molar refractivity (Wildman–Crippen MR) is 133 cm³/mol. The largest absolute Gasteiger partial charge is 0.435 e. The van der Waals surface area contributed by atoms with Crippen molar-refractivity contribution in [3.8, 4) is 0 Å². The molecule has 0 aromatic heterocycles. The lowest BCUT2D eigenvalue weighted by atomic mass is 9.86. The van der Waals surface area contributed by atoms with Crippen molar-refractivity contribution in [2.24, 2.45) is 15.4 Å². The van der Waals surface area contributed by atoms with E-state index < -0.39 is 33.8 Å². The zero-order valence-electron chi connectivity index (χ0n) is 19.6. The molecule has 1 aliphatic rings. The van der Waals surface area contributed by atoms with Gasteiger partial charge in [-0.1, -0.05) is 48.3 Å². The van der Waals surface area contributed by atoms with Gasteiger partial charge in [-0.05, 0) is 60.7 Å². The molecule has 1 amide bonds. The van der Waals surface area contributed by atoms with Crippen LogP contribution in [0.1, 0.15) is 53.7 Å². The Morgan fingerprint density at radius 1 is 1.20 bits per heavy atom. The molecule has 0 spiro atoms. The zero-order valence-corrected chi connectivity index (χ0v) is 21.9. The Morgan fingerprint density at radius 3 is 2.37 bits per heavy atom. The minimum absolute atomic E-state index is 0.0385. The molecule has 1 aliphatic heterocycles. The lowest BCUT2D eigenvalue weighted by Crippen LogP contribution is -2.42. The van der Waals surface area contributed by atoms with Crippen LogP contribution in [-0.2, 0) is 20.2 Å². The summed E-state index contributed by atoms with van der Waals surface area (Å²) < 4.78 is 59.2. The van der Waals surface area contributed by atoms with E-state index in [1.165, 1.54) is 30.5 Å². The molecule has 190 valence electrons. The van der Waals surface area contributed by atoms with Gasteiger partial charge in [0, 0.05) is 39.6 Å². The molecule has 2 aromatic rings. The highest BCUT2D eigenvalue weighted by atomic mass is 35.5. The van der Waals surface area contributed by atoms with Gasteiger partial charge in [-0.2, -0.15) is 17.5 Å². The fourth-order valence-electron chi connectivity index (χ4n) is 3.65. The molecule has 11 heteroatoms. The van der Waals surface area contributed by atoms with E-state index in [9.17, 15) is 22.2 Å². The summed E-state index contributed by atoms with van der Waals surface area (Å²) in [6, 6.07) is 8.08.